The van der Waals surface area contributed by atoms with Crippen molar-refractivity contribution in [2.24, 2.45) is 0 Å². The highest BCUT2D eigenvalue weighted by Gasteiger charge is 2.37. The van der Waals surface area contributed by atoms with Crippen molar-refractivity contribution in [3.05, 3.63) is 72.2 Å². The molecule has 2 aromatic heterocycles. The van der Waals surface area contributed by atoms with Crippen molar-refractivity contribution in [3.63, 3.8) is 0 Å². The summed E-state index contributed by atoms with van der Waals surface area (Å²) in [4.78, 5) is 22.8. The van der Waals surface area contributed by atoms with E-state index in [0.29, 0.717) is 6.42 Å². The number of fused-ring (bicyclic) bond motifs is 1. The van der Waals surface area contributed by atoms with Crippen LogP contribution in [0.4, 0.5) is 0 Å². The van der Waals surface area contributed by atoms with Crippen LogP contribution in [0.2, 0.25) is 0 Å². The highest BCUT2D eigenvalue weighted by Crippen LogP contribution is 2.34. The molecule has 3 aromatic rings. The molecular weight excluding hydrogens is 314 g/mol. The molecule has 0 bridgehead atoms. The summed E-state index contributed by atoms with van der Waals surface area (Å²) >= 11 is 0. The number of nitrogens with zero attached hydrogens (tertiary/aromatic N) is 3. The molecule has 1 aliphatic heterocycles. The highest BCUT2D eigenvalue weighted by molar-refractivity contribution is 5.78. The zero-order chi connectivity index (χ0) is 17.2. The summed E-state index contributed by atoms with van der Waals surface area (Å²) in [6, 6.07) is 15.2. The summed E-state index contributed by atoms with van der Waals surface area (Å²) in [6.45, 7) is 0.741. The first kappa shape index (κ1) is 15.7. The topological polar surface area (TPSA) is 66.3 Å². The van der Waals surface area contributed by atoms with Crippen LogP contribution in [0, 0.1) is 0 Å². The fourth-order valence-corrected chi connectivity index (χ4v) is 3.67. The molecule has 1 N–H and O–H groups in total. The number of likely N-dealkylation sites (tertiary alicyclic amines) is 1. The first-order chi connectivity index (χ1) is 12.2. The predicted molar refractivity (Wildman–Crippen MR) is 95.2 cm³/mol. The van der Waals surface area contributed by atoms with Crippen molar-refractivity contribution in [3.8, 4) is 0 Å². The Labute approximate surface area is 146 Å². The van der Waals surface area contributed by atoms with Crippen LogP contribution in [0.1, 0.15) is 30.1 Å². The molecule has 1 saturated heterocycles. The first-order valence-corrected chi connectivity index (χ1v) is 8.48. The van der Waals surface area contributed by atoms with Gasteiger partial charge in [0.2, 0.25) is 0 Å². The highest BCUT2D eigenvalue weighted by atomic mass is 16.4. The maximum absolute atomic E-state index is 11.7. The molecular formula is C20H19N3O2. The molecule has 0 aliphatic carbocycles. The minimum atomic E-state index is -0.771. The lowest BCUT2D eigenvalue weighted by Gasteiger charge is -2.31. The number of carboxylic acids is 1. The van der Waals surface area contributed by atoms with E-state index in [9.17, 15) is 9.90 Å². The molecule has 5 heteroatoms. The second kappa shape index (κ2) is 6.61. The summed E-state index contributed by atoms with van der Waals surface area (Å²) in [5, 5.41) is 10.7. The van der Waals surface area contributed by atoms with Crippen molar-refractivity contribution in [1.29, 1.82) is 0 Å². The Morgan fingerprint density at radius 3 is 2.84 bits per heavy atom. The van der Waals surface area contributed by atoms with Crippen LogP contribution < -0.4 is 0 Å². The molecule has 3 heterocycles. The Hall–Kier alpha value is -2.79. The van der Waals surface area contributed by atoms with E-state index in [1.165, 1.54) is 0 Å². The predicted octanol–water partition coefficient (Wildman–Crippen LogP) is 3.27. The molecule has 1 aromatic carbocycles. The number of para-hydroxylation sites is 1. The summed E-state index contributed by atoms with van der Waals surface area (Å²) in [5.41, 5.74) is 2.75. The van der Waals surface area contributed by atoms with Crippen LogP contribution in [0.15, 0.2) is 60.9 Å². The minimum absolute atomic E-state index is 0.207. The minimum Gasteiger partial charge on any atom is -0.480 e. The fraction of sp³-hybridized carbons (Fsp3) is 0.250. The van der Waals surface area contributed by atoms with Gasteiger partial charge in [0.15, 0.2) is 0 Å². The monoisotopic (exact) mass is 333 g/mol. The average Bonchev–Trinajstić information content (AvgIpc) is 3.12. The van der Waals surface area contributed by atoms with E-state index in [-0.39, 0.29) is 6.04 Å². The number of benzene rings is 1. The second-order valence-corrected chi connectivity index (χ2v) is 6.35. The number of aliphatic carboxylic acids is 1. The zero-order valence-electron chi connectivity index (χ0n) is 13.7. The lowest BCUT2D eigenvalue weighted by Crippen LogP contribution is -2.39. The third-order valence-corrected chi connectivity index (χ3v) is 4.81. The average molecular weight is 333 g/mol. The molecule has 0 amide bonds. The maximum Gasteiger partial charge on any atom is 0.320 e. The van der Waals surface area contributed by atoms with Crippen molar-refractivity contribution >= 4 is 16.9 Å². The van der Waals surface area contributed by atoms with Crippen LogP contribution in [0.25, 0.3) is 10.9 Å². The van der Waals surface area contributed by atoms with E-state index < -0.39 is 12.0 Å². The van der Waals surface area contributed by atoms with Crippen molar-refractivity contribution in [2.75, 3.05) is 6.54 Å². The van der Waals surface area contributed by atoms with Gasteiger partial charge in [0.25, 0.3) is 0 Å². The maximum atomic E-state index is 11.7. The number of hydrogen-bond donors (Lipinski definition) is 1. The number of carboxylic acid groups (broad SMARTS) is 1. The van der Waals surface area contributed by atoms with Gasteiger partial charge in [0, 0.05) is 24.3 Å². The largest absolute Gasteiger partial charge is 0.480 e. The van der Waals surface area contributed by atoms with E-state index in [0.717, 1.165) is 35.1 Å². The van der Waals surface area contributed by atoms with E-state index in [1.807, 2.05) is 53.4 Å². The quantitative estimate of drug-likeness (QED) is 0.794. The van der Waals surface area contributed by atoms with Crippen LogP contribution in [-0.2, 0) is 4.79 Å². The Morgan fingerprint density at radius 1 is 1.16 bits per heavy atom. The van der Waals surface area contributed by atoms with Gasteiger partial charge in [0.1, 0.15) is 6.04 Å². The van der Waals surface area contributed by atoms with Crippen LogP contribution in [-0.4, -0.2) is 38.5 Å². The zero-order valence-corrected chi connectivity index (χ0v) is 13.7. The standard InChI is InChI=1S/C20H19N3O2/c24-20(25)18-8-4-12-23(18)19(15-6-3-11-21-13-15)17-10-9-14-5-1-2-7-16(14)22-17/h1-3,5-7,9-11,13,18-19H,4,8,12H2,(H,24,25). The Balaban J connectivity index is 1.83. The fourth-order valence-electron chi connectivity index (χ4n) is 3.67. The van der Waals surface area contributed by atoms with Gasteiger partial charge in [-0.2, -0.15) is 0 Å². The Kier molecular flexibility index (Phi) is 4.15. The lowest BCUT2D eigenvalue weighted by molar-refractivity contribution is -0.142. The van der Waals surface area contributed by atoms with Gasteiger partial charge in [-0.3, -0.25) is 19.7 Å². The lowest BCUT2D eigenvalue weighted by atomic mass is 10.0. The SMILES string of the molecule is O=C(O)C1CCCN1C(c1cccnc1)c1ccc2ccccc2n1. The van der Waals surface area contributed by atoms with Gasteiger partial charge in [-0.25, -0.2) is 0 Å². The molecule has 25 heavy (non-hydrogen) atoms. The molecule has 4 rings (SSSR count). The smallest absolute Gasteiger partial charge is 0.320 e. The molecule has 0 saturated carbocycles. The molecule has 126 valence electrons. The van der Waals surface area contributed by atoms with Gasteiger partial charge in [-0.15, -0.1) is 0 Å². The van der Waals surface area contributed by atoms with Crippen LogP contribution >= 0.6 is 0 Å². The Bertz CT molecular complexity index is 898. The van der Waals surface area contributed by atoms with Gasteiger partial charge < -0.3 is 5.11 Å². The van der Waals surface area contributed by atoms with Gasteiger partial charge in [0.05, 0.1) is 17.3 Å². The van der Waals surface area contributed by atoms with E-state index in [2.05, 4.69) is 4.98 Å². The number of carbonyl (C=O) groups is 1. The van der Waals surface area contributed by atoms with E-state index in [1.54, 1.807) is 12.4 Å². The number of aromatic nitrogens is 2. The number of pyridine rings is 2. The van der Waals surface area contributed by atoms with Crippen molar-refractivity contribution < 1.29 is 9.90 Å². The third-order valence-electron chi connectivity index (χ3n) is 4.81. The van der Waals surface area contributed by atoms with Crippen LogP contribution in [0.3, 0.4) is 0 Å². The number of hydrogen-bond acceptors (Lipinski definition) is 4. The summed E-state index contributed by atoms with van der Waals surface area (Å²) in [5.74, 6) is -0.771. The Morgan fingerprint density at radius 2 is 2.04 bits per heavy atom. The molecule has 1 fully saturated rings. The van der Waals surface area contributed by atoms with Gasteiger partial charge >= 0.3 is 5.97 Å². The molecule has 0 spiro atoms. The first-order valence-electron chi connectivity index (χ1n) is 8.48. The van der Waals surface area contributed by atoms with E-state index >= 15 is 0 Å². The molecule has 2 atom stereocenters. The van der Waals surface area contributed by atoms with Crippen molar-refractivity contribution in [2.45, 2.75) is 24.9 Å². The van der Waals surface area contributed by atoms with E-state index in [4.69, 9.17) is 4.98 Å². The van der Waals surface area contributed by atoms with Crippen molar-refractivity contribution in [1.82, 2.24) is 14.9 Å². The summed E-state index contributed by atoms with van der Waals surface area (Å²) in [7, 11) is 0. The van der Waals surface area contributed by atoms with Gasteiger partial charge in [-0.1, -0.05) is 30.3 Å². The summed E-state index contributed by atoms with van der Waals surface area (Å²) < 4.78 is 0. The normalized spacial score (nSPS) is 19.1. The molecule has 5 nitrogen and oxygen atoms in total. The van der Waals surface area contributed by atoms with Crippen LogP contribution in [0.5, 0.6) is 0 Å². The molecule has 1 aliphatic rings. The summed E-state index contributed by atoms with van der Waals surface area (Å²) in [6.07, 6.45) is 5.08. The molecule has 2 unspecified atom stereocenters. The molecule has 0 radical (unpaired) electrons. The van der Waals surface area contributed by atoms with Gasteiger partial charge in [-0.05, 0) is 36.6 Å². The number of rotatable bonds is 4. The second-order valence-electron chi connectivity index (χ2n) is 6.35. The third kappa shape index (κ3) is 2.98.